The third-order valence-electron chi connectivity index (χ3n) is 2.47. The summed E-state index contributed by atoms with van der Waals surface area (Å²) in [6.07, 6.45) is 0.0696. The minimum absolute atomic E-state index is 0.213. The number of carbonyl (C=O) groups is 1. The Morgan fingerprint density at radius 1 is 1.33 bits per heavy atom. The normalized spacial score (nSPS) is 12.2. The molecule has 1 unspecified atom stereocenters. The van der Waals surface area contributed by atoms with Gasteiger partial charge in [0.2, 0.25) is 9.70 Å². The van der Waals surface area contributed by atoms with E-state index in [-0.39, 0.29) is 5.11 Å². The molecule has 1 amide bonds. The number of carbonyl (C=O) groups excluding carboxylic acids is 1. The minimum atomic E-state index is -1.78. The Hall–Kier alpha value is -1.01. The molecule has 0 aliphatic carbocycles. The van der Waals surface area contributed by atoms with E-state index < -0.39 is 15.9 Å². The van der Waals surface area contributed by atoms with Crippen LogP contribution in [0.3, 0.4) is 0 Å². The highest BCUT2D eigenvalue weighted by Crippen LogP contribution is 2.29. The fraction of sp³-hybridized carbons (Fsp3) is 0.231. The average Bonchev–Trinajstić information content (AvgIpc) is 2.39. The Morgan fingerprint density at radius 3 is 2.48 bits per heavy atom. The van der Waals surface area contributed by atoms with Gasteiger partial charge in [-0.3, -0.25) is 4.79 Å². The molecule has 0 aliphatic rings. The molecule has 114 valence electrons. The molecule has 8 heteroatoms. The number of amides is 1. The molecule has 0 fully saturated rings. The van der Waals surface area contributed by atoms with Crippen LogP contribution in [0.15, 0.2) is 36.9 Å². The van der Waals surface area contributed by atoms with E-state index in [4.69, 9.17) is 47.0 Å². The van der Waals surface area contributed by atoms with E-state index in [0.717, 1.165) is 17.3 Å². The van der Waals surface area contributed by atoms with Crippen molar-refractivity contribution in [3.63, 3.8) is 0 Å². The first-order chi connectivity index (χ1) is 9.74. The molecule has 1 aromatic rings. The maximum atomic E-state index is 11.4. The number of aryl methyl sites for hydroxylation is 1. The van der Waals surface area contributed by atoms with Crippen molar-refractivity contribution in [1.29, 1.82) is 0 Å². The first-order valence-corrected chi connectivity index (χ1v) is 7.41. The number of hydrogen-bond acceptors (Lipinski definition) is 2. The topological polar surface area (TPSA) is 53.2 Å². The van der Waals surface area contributed by atoms with E-state index in [1.54, 1.807) is 0 Å². The van der Waals surface area contributed by atoms with E-state index in [1.165, 1.54) is 0 Å². The zero-order chi connectivity index (χ0) is 16.0. The molecule has 1 atom stereocenters. The van der Waals surface area contributed by atoms with Crippen LogP contribution in [0.4, 0.5) is 5.69 Å². The van der Waals surface area contributed by atoms with Crippen molar-refractivity contribution < 1.29 is 4.79 Å². The SMILES string of the molecule is C=CC(=O)NC(NC(=S)Nc1ccccc1C)C(Cl)(Cl)Cl. The predicted octanol–water partition coefficient (Wildman–Crippen LogP) is 3.28. The van der Waals surface area contributed by atoms with Crippen LogP contribution in [0.25, 0.3) is 0 Å². The molecule has 0 heterocycles. The molecule has 21 heavy (non-hydrogen) atoms. The van der Waals surface area contributed by atoms with Gasteiger partial charge in [0.1, 0.15) is 6.17 Å². The van der Waals surface area contributed by atoms with Crippen LogP contribution < -0.4 is 16.0 Å². The fourth-order valence-corrected chi connectivity index (χ4v) is 1.96. The lowest BCUT2D eigenvalue weighted by atomic mass is 10.2. The van der Waals surface area contributed by atoms with Gasteiger partial charge in [-0.1, -0.05) is 59.6 Å². The van der Waals surface area contributed by atoms with Gasteiger partial charge in [0.25, 0.3) is 0 Å². The number of para-hydroxylation sites is 1. The summed E-state index contributed by atoms with van der Waals surface area (Å²) in [6, 6.07) is 7.56. The number of alkyl halides is 3. The summed E-state index contributed by atoms with van der Waals surface area (Å²) in [5.74, 6) is -0.488. The second-order valence-corrected chi connectivity index (χ2v) is 6.88. The maximum Gasteiger partial charge on any atom is 0.245 e. The van der Waals surface area contributed by atoms with Crippen LogP contribution in [0.5, 0.6) is 0 Å². The standard InChI is InChI=1S/C13H14Cl3N3OS/c1-3-10(20)18-11(13(14,15)16)19-12(21)17-9-7-5-4-6-8(9)2/h3-7,11H,1H2,2H3,(H,18,20)(H2,17,19,21). The van der Waals surface area contributed by atoms with Gasteiger partial charge in [0.05, 0.1) is 0 Å². The number of benzene rings is 1. The highest BCUT2D eigenvalue weighted by Gasteiger charge is 2.34. The van der Waals surface area contributed by atoms with Gasteiger partial charge in [-0.2, -0.15) is 0 Å². The molecule has 0 aliphatic heterocycles. The maximum absolute atomic E-state index is 11.4. The molecule has 0 aromatic heterocycles. The highest BCUT2D eigenvalue weighted by molar-refractivity contribution is 7.80. The first kappa shape index (κ1) is 18.0. The van der Waals surface area contributed by atoms with Crippen LogP contribution in [0.2, 0.25) is 0 Å². The fourth-order valence-electron chi connectivity index (χ4n) is 1.40. The molecule has 0 spiro atoms. The van der Waals surface area contributed by atoms with Crippen molar-refractivity contribution in [1.82, 2.24) is 10.6 Å². The second kappa shape index (κ2) is 7.84. The molecule has 1 aromatic carbocycles. The number of hydrogen-bond donors (Lipinski definition) is 3. The van der Waals surface area contributed by atoms with Gasteiger partial charge in [0.15, 0.2) is 5.11 Å². The van der Waals surface area contributed by atoms with E-state index in [2.05, 4.69) is 22.5 Å². The molecular weight excluding hydrogens is 353 g/mol. The van der Waals surface area contributed by atoms with Crippen molar-refractivity contribution in [2.75, 3.05) is 5.32 Å². The second-order valence-electron chi connectivity index (χ2n) is 4.10. The van der Waals surface area contributed by atoms with Gasteiger partial charge in [-0.05, 0) is 36.8 Å². The third-order valence-corrected chi connectivity index (χ3v) is 3.34. The summed E-state index contributed by atoms with van der Waals surface area (Å²) in [6.45, 7) is 5.26. The van der Waals surface area contributed by atoms with Gasteiger partial charge >= 0.3 is 0 Å². The Balaban J connectivity index is 2.75. The predicted molar refractivity (Wildman–Crippen MR) is 93.0 cm³/mol. The molecule has 0 bridgehead atoms. The van der Waals surface area contributed by atoms with Crippen LogP contribution >= 0.6 is 47.0 Å². The van der Waals surface area contributed by atoms with Crippen LogP contribution in [0.1, 0.15) is 5.56 Å². The first-order valence-electron chi connectivity index (χ1n) is 5.87. The van der Waals surface area contributed by atoms with Gasteiger partial charge in [-0.15, -0.1) is 0 Å². The Labute approximate surface area is 143 Å². The Kier molecular flexibility index (Phi) is 6.74. The summed E-state index contributed by atoms with van der Waals surface area (Å²) < 4.78 is -1.78. The minimum Gasteiger partial charge on any atom is -0.339 e. The lowest BCUT2D eigenvalue weighted by Gasteiger charge is -2.27. The molecule has 0 saturated heterocycles. The van der Waals surface area contributed by atoms with Crippen LogP contribution in [0, 0.1) is 6.92 Å². The molecule has 1 rings (SSSR count). The summed E-state index contributed by atoms with van der Waals surface area (Å²) in [4.78, 5) is 11.4. The van der Waals surface area contributed by atoms with Crippen molar-refractivity contribution in [3.05, 3.63) is 42.5 Å². The monoisotopic (exact) mass is 365 g/mol. The van der Waals surface area contributed by atoms with Crippen LogP contribution in [-0.4, -0.2) is 21.0 Å². The van der Waals surface area contributed by atoms with E-state index in [9.17, 15) is 4.79 Å². The number of rotatable bonds is 4. The van der Waals surface area contributed by atoms with Crippen LogP contribution in [-0.2, 0) is 4.79 Å². The largest absolute Gasteiger partial charge is 0.339 e. The van der Waals surface area contributed by atoms with E-state index in [0.29, 0.717) is 0 Å². The molecular formula is C13H14Cl3N3OS. The molecule has 0 saturated carbocycles. The van der Waals surface area contributed by atoms with Crippen molar-refractivity contribution in [2.45, 2.75) is 16.9 Å². The molecule has 4 nitrogen and oxygen atoms in total. The summed E-state index contributed by atoms with van der Waals surface area (Å²) >= 11 is 22.6. The Bertz CT molecular complexity index is 546. The number of nitrogens with one attached hydrogen (secondary N) is 3. The van der Waals surface area contributed by atoms with Crippen molar-refractivity contribution in [3.8, 4) is 0 Å². The van der Waals surface area contributed by atoms with Crippen molar-refractivity contribution >= 4 is 63.7 Å². The number of anilines is 1. The molecule has 3 N–H and O–H groups in total. The van der Waals surface area contributed by atoms with Gasteiger partial charge < -0.3 is 16.0 Å². The summed E-state index contributed by atoms with van der Waals surface area (Å²) in [7, 11) is 0. The van der Waals surface area contributed by atoms with E-state index in [1.807, 2.05) is 31.2 Å². The summed E-state index contributed by atoms with van der Waals surface area (Å²) in [5.41, 5.74) is 1.82. The zero-order valence-corrected chi connectivity index (χ0v) is 14.2. The summed E-state index contributed by atoms with van der Waals surface area (Å²) in [5, 5.41) is 8.37. The average molecular weight is 367 g/mol. The lowest BCUT2D eigenvalue weighted by Crippen LogP contribution is -2.55. The quantitative estimate of drug-likeness (QED) is 0.331. The number of halogens is 3. The third kappa shape index (κ3) is 6.09. The zero-order valence-electron chi connectivity index (χ0n) is 11.1. The van der Waals surface area contributed by atoms with E-state index >= 15 is 0 Å². The lowest BCUT2D eigenvalue weighted by molar-refractivity contribution is -0.117. The van der Waals surface area contributed by atoms with Gasteiger partial charge in [-0.25, -0.2) is 0 Å². The number of thiocarbonyl (C=S) groups is 1. The smallest absolute Gasteiger partial charge is 0.245 e. The molecule has 0 radical (unpaired) electrons. The Morgan fingerprint density at radius 2 is 1.95 bits per heavy atom. The van der Waals surface area contributed by atoms with Crippen molar-refractivity contribution in [2.24, 2.45) is 0 Å². The highest BCUT2D eigenvalue weighted by atomic mass is 35.6. The van der Waals surface area contributed by atoms with Gasteiger partial charge in [0, 0.05) is 5.69 Å².